The highest BCUT2D eigenvalue weighted by atomic mass is 16.2. The van der Waals surface area contributed by atoms with Gasteiger partial charge in [-0.2, -0.15) is 5.26 Å². The van der Waals surface area contributed by atoms with Gasteiger partial charge in [0, 0.05) is 30.2 Å². The smallest absolute Gasteiger partial charge is 0.253 e. The van der Waals surface area contributed by atoms with Crippen LogP contribution in [0, 0.1) is 17.2 Å². The van der Waals surface area contributed by atoms with Crippen LogP contribution in [0.3, 0.4) is 0 Å². The van der Waals surface area contributed by atoms with Crippen LogP contribution in [-0.2, 0) is 4.79 Å². The van der Waals surface area contributed by atoms with Crippen molar-refractivity contribution in [2.75, 3.05) is 19.6 Å². The van der Waals surface area contributed by atoms with E-state index < -0.39 is 0 Å². The van der Waals surface area contributed by atoms with Crippen LogP contribution in [0.5, 0.6) is 0 Å². The van der Waals surface area contributed by atoms with Gasteiger partial charge in [-0.05, 0) is 62.4 Å². The molecule has 0 radical (unpaired) electrons. The molecular formula is C20H27N5O. The SMILES string of the molecule is CCNN(CC)C(=O)C(C)NCC1CC1c1c[nH]c2ccc(C#N)cc12. The van der Waals surface area contributed by atoms with Gasteiger partial charge >= 0.3 is 0 Å². The standard InChI is InChI=1S/C20H27N5O/c1-4-24-25(5-2)20(26)13(3)22-11-15-9-16(15)18-12-23-19-7-6-14(10-21)8-17(18)19/h6-8,12-13,15-16,22-24H,4-5,9,11H2,1-3H3. The first-order chi connectivity index (χ1) is 12.6. The number of benzene rings is 1. The molecule has 138 valence electrons. The molecule has 0 saturated heterocycles. The number of aromatic nitrogens is 1. The number of carbonyl (C=O) groups is 1. The molecule has 6 nitrogen and oxygen atoms in total. The molecule has 2 aromatic rings. The number of amides is 1. The van der Waals surface area contributed by atoms with Gasteiger partial charge in [0.25, 0.3) is 5.91 Å². The van der Waals surface area contributed by atoms with Crippen LogP contribution < -0.4 is 10.7 Å². The van der Waals surface area contributed by atoms with Crippen LogP contribution >= 0.6 is 0 Å². The second-order valence-corrected chi connectivity index (χ2v) is 6.94. The van der Waals surface area contributed by atoms with Crippen LogP contribution in [0.4, 0.5) is 0 Å². The Labute approximate surface area is 154 Å². The molecule has 3 N–H and O–H groups in total. The maximum absolute atomic E-state index is 12.4. The van der Waals surface area contributed by atoms with E-state index in [4.69, 9.17) is 5.26 Å². The first-order valence-electron chi connectivity index (χ1n) is 9.38. The van der Waals surface area contributed by atoms with E-state index in [1.807, 2.05) is 39.0 Å². The van der Waals surface area contributed by atoms with Crippen LogP contribution in [0.15, 0.2) is 24.4 Å². The molecular weight excluding hydrogens is 326 g/mol. The van der Waals surface area contributed by atoms with Crippen LogP contribution in [0.1, 0.15) is 44.2 Å². The summed E-state index contributed by atoms with van der Waals surface area (Å²) in [4.78, 5) is 15.7. The Bertz CT molecular complexity index is 821. The number of nitrogens with one attached hydrogen (secondary N) is 3. The highest BCUT2D eigenvalue weighted by molar-refractivity contribution is 5.85. The summed E-state index contributed by atoms with van der Waals surface area (Å²) in [6, 6.07) is 7.78. The quantitative estimate of drug-likeness (QED) is 0.637. The molecule has 6 heteroatoms. The predicted octanol–water partition coefficient (Wildman–Crippen LogP) is 2.49. The number of hydrogen-bond donors (Lipinski definition) is 3. The largest absolute Gasteiger partial charge is 0.361 e. The van der Waals surface area contributed by atoms with Crippen molar-refractivity contribution in [2.24, 2.45) is 5.92 Å². The summed E-state index contributed by atoms with van der Waals surface area (Å²) < 4.78 is 0. The van der Waals surface area contributed by atoms with Gasteiger partial charge in [0.05, 0.1) is 17.7 Å². The molecule has 26 heavy (non-hydrogen) atoms. The Balaban J connectivity index is 1.58. The molecule has 1 aromatic heterocycles. The van der Waals surface area contributed by atoms with E-state index in [0.717, 1.165) is 30.4 Å². The number of H-pyrrole nitrogens is 1. The first kappa shape index (κ1) is 18.4. The number of hydrogen-bond acceptors (Lipinski definition) is 4. The lowest BCUT2D eigenvalue weighted by molar-refractivity contribution is -0.136. The minimum atomic E-state index is -0.205. The summed E-state index contributed by atoms with van der Waals surface area (Å²) in [5.41, 5.74) is 6.14. The molecule has 0 bridgehead atoms. The number of nitrogens with zero attached hydrogens (tertiary/aromatic N) is 2. The van der Waals surface area contributed by atoms with Crippen molar-refractivity contribution in [3.05, 3.63) is 35.5 Å². The van der Waals surface area contributed by atoms with Gasteiger partial charge < -0.3 is 10.3 Å². The fraction of sp³-hybridized carbons (Fsp3) is 0.500. The zero-order chi connectivity index (χ0) is 18.7. The number of fused-ring (bicyclic) bond motifs is 1. The Morgan fingerprint density at radius 2 is 2.27 bits per heavy atom. The van der Waals surface area contributed by atoms with Crippen molar-refractivity contribution in [3.8, 4) is 6.07 Å². The Kier molecular flexibility index (Phi) is 5.60. The summed E-state index contributed by atoms with van der Waals surface area (Å²) in [6.07, 6.45) is 3.18. The third kappa shape index (κ3) is 3.74. The van der Waals surface area contributed by atoms with Gasteiger partial charge in [-0.25, -0.2) is 5.43 Å². The lowest BCUT2D eigenvalue weighted by Crippen LogP contribution is -2.51. The number of aromatic amines is 1. The number of rotatable bonds is 8. The molecule has 1 fully saturated rings. The van der Waals surface area contributed by atoms with Crippen LogP contribution in [0.25, 0.3) is 10.9 Å². The zero-order valence-electron chi connectivity index (χ0n) is 15.7. The second-order valence-electron chi connectivity index (χ2n) is 6.94. The minimum Gasteiger partial charge on any atom is -0.361 e. The summed E-state index contributed by atoms with van der Waals surface area (Å²) >= 11 is 0. The molecule has 3 rings (SSSR count). The Hall–Kier alpha value is -2.36. The van der Waals surface area contributed by atoms with Gasteiger partial charge in [0.15, 0.2) is 0 Å². The van der Waals surface area contributed by atoms with E-state index in [1.165, 1.54) is 5.56 Å². The van der Waals surface area contributed by atoms with E-state index in [1.54, 1.807) is 5.01 Å². The lowest BCUT2D eigenvalue weighted by atomic mass is 10.1. The average Bonchev–Trinajstić information content (AvgIpc) is 3.32. The van der Waals surface area contributed by atoms with E-state index >= 15 is 0 Å². The predicted molar refractivity (Wildman–Crippen MR) is 102 cm³/mol. The van der Waals surface area contributed by atoms with E-state index in [9.17, 15) is 4.79 Å². The van der Waals surface area contributed by atoms with Gasteiger partial charge in [-0.1, -0.05) is 6.92 Å². The van der Waals surface area contributed by atoms with Gasteiger partial charge in [-0.15, -0.1) is 0 Å². The van der Waals surface area contributed by atoms with Gasteiger partial charge in [0.2, 0.25) is 0 Å². The monoisotopic (exact) mass is 353 g/mol. The summed E-state index contributed by atoms with van der Waals surface area (Å²) in [7, 11) is 0. The number of hydrazine groups is 1. The molecule has 3 atom stereocenters. The van der Waals surface area contributed by atoms with E-state index in [-0.39, 0.29) is 11.9 Å². The third-order valence-electron chi connectivity index (χ3n) is 5.15. The fourth-order valence-electron chi connectivity index (χ4n) is 3.56. The number of nitriles is 1. The van der Waals surface area contributed by atoms with E-state index in [0.29, 0.717) is 23.9 Å². The van der Waals surface area contributed by atoms with E-state index in [2.05, 4.69) is 28.0 Å². The minimum absolute atomic E-state index is 0.0808. The van der Waals surface area contributed by atoms with Crippen LogP contribution in [0.2, 0.25) is 0 Å². The fourth-order valence-corrected chi connectivity index (χ4v) is 3.56. The second kappa shape index (κ2) is 7.90. The normalized spacial score (nSPS) is 19.9. The topological polar surface area (TPSA) is 84.0 Å². The molecule has 1 aromatic carbocycles. The van der Waals surface area contributed by atoms with Crippen molar-refractivity contribution < 1.29 is 4.79 Å². The van der Waals surface area contributed by atoms with Crippen molar-refractivity contribution in [3.63, 3.8) is 0 Å². The van der Waals surface area contributed by atoms with Crippen molar-refractivity contribution >= 4 is 16.8 Å². The average molecular weight is 353 g/mol. The molecule has 1 amide bonds. The Morgan fingerprint density at radius 3 is 2.96 bits per heavy atom. The molecule has 1 heterocycles. The maximum Gasteiger partial charge on any atom is 0.253 e. The van der Waals surface area contributed by atoms with Crippen molar-refractivity contribution in [1.29, 1.82) is 5.26 Å². The summed E-state index contributed by atoms with van der Waals surface area (Å²) in [6.45, 7) is 8.10. The molecule has 3 unspecified atom stereocenters. The summed E-state index contributed by atoms with van der Waals surface area (Å²) in [5, 5.41) is 15.3. The summed E-state index contributed by atoms with van der Waals surface area (Å²) in [5.74, 6) is 1.10. The molecule has 1 saturated carbocycles. The lowest BCUT2D eigenvalue weighted by Gasteiger charge is -2.25. The van der Waals surface area contributed by atoms with Crippen molar-refractivity contribution in [2.45, 2.75) is 39.2 Å². The highest BCUT2D eigenvalue weighted by Crippen LogP contribution is 2.49. The van der Waals surface area contributed by atoms with Crippen molar-refractivity contribution in [1.82, 2.24) is 20.7 Å². The Morgan fingerprint density at radius 1 is 1.46 bits per heavy atom. The molecule has 1 aliphatic carbocycles. The van der Waals surface area contributed by atoms with Gasteiger partial charge in [0.1, 0.15) is 0 Å². The van der Waals surface area contributed by atoms with Crippen LogP contribution in [-0.4, -0.2) is 41.6 Å². The molecule has 0 aliphatic heterocycles. The van der Waals surface area contributed by atoms with Gasteiger partial charge in [-0.3, -0.25) is 9.80 Å². The highest BCUT2D eigenvalue weighted by Gasteiger charge is 2.39. The molecule has 0 spiro atoms. The number of carbonyl (C=O) groups excluding carboxylic acids is 1. The molecule has 1 aliphatic rings. The first-order valence-corrected chi connectivity index (χ1v) is 9.38. The maximum atomic E-state index is 12.4. The zero-order valence-corrected chi connectivity index (χ0v) is 15.7. The third-order valence-corrected chi connectivity index (χ3v) is 5.15. The number of likely N-dealkylation sites (N-methyl/N-ethyl adjacent to an activating group) is 1.